The number of amidine groups is 1. The second kappa shape index (κ2) is 13.3. The summed E-state index contributed by atoms with van der Waals surface area (Å²) < 4.78 is 15.1. The van der Waals surface area contributed by atoms with Gasteiger partial charge in [-0.1, -0.05) is 23.7 Å². The van der Waals surface area contributed by atoms with Crippen molar-refractivity contribution in [3.8, 4) is 6.07 Å². The SMILES string of the molecule is C=CCCN(C(=NC)c1cc(Cl)c(C2=C(O)CCC=C2F)nc1N(C=O)c1ncccc1C1(C#N)CC1)C(C)CNC. The zero-order valence-corrected chi connectivity index (χ0v) is 24.8. The van der Waals surface area contributed by atoms with E-state index in [2.05, 4.69) is 32.8 Å². The number of anilines is 2. The molecule has 1 amide bonds. The van der Waals surface area contributed by atoms with Crippen molar-refractivity contribution in [2.24, 2.45) is 4.99 Å². The molecule has 2 aromatic heterocycles. The molecule has 1 unspecified atom stereocenters. The number of halogens is 2. The van der Waals surface area contributed by atoms with Crippen LogP contribution < -0.4 is 10.2 Å². The van der Waals surface area contributed by atoms with Gasteiger partial charge in [-0.05, 0) is 57.9 Å². The van der Waals surface area contributed by atoms with Crippen molar-refractivity contribution in [3.05, 3.63) is 76.6 Å². The van der Waals surface area contributed by atoms with Gasteiger partial charge >= 0.3 is 0 Å². The van der Waals surface area contributed by atoms with Gasteiger partial charge in [-0.2, -0.15) is 5.26 Å². The van der Waals surface area contributed by atoms with Crippen molar-refractivity contribution >= 4 is 41.1 Å². The van der Waals surface area contributed by atoms with Crippen molar-refractivity contribution in [2.45, 2.75) is 50.5 Å². The lowest BCUT2D eigenvalue weighted by Crippen LogP contribution is -2.45. The summed E-state index contributed by atoms with van der Waals surface area (Å²) in [5, 5.41) is 23.9. The fourth-order valence-corrected chi connectivity index (χ4v) is 5.50. The van der Waals surface area contributed by atoms with Crippen LogP contribution in [0.4, 0.5) is 16.0 Å². The van der Waals surface area contributed by atoms with Gasteiger partial charge in [0.2, 0.25) is 6.41 Å². The van der Waals surface area contributed by atoms with Crippen LogP contribution in [0, 0.1) is 11.3 Å². The molecule has 42 heavy (non-hydrogen) atoms. The molecule has 2 aromatic rings. The number of amides is 1. The summed E-state index contributed by atoms with van der Waals surface area (Å²) in [6, 6.07) is 7.43. The second-order valence-corrected chi connectivity index (χ2v) is 10.8. The molecular weight excluding hydrogens is 557 g/mol. The smallest absolute Gasteiger partial charge is 0.221 e. The summed E-state index contributed by atoms with van der Waals surface area (Å²) in [5.74, 6) is 0.00369. The maximum atomic E-state index is 15.1. The monoisotopic (exact) mass is 591 g/mol. The Bertz CT molecular complexity index is 1490. The lowest BCUT2D eigenvalue weighted by Gasteiger charge is -2.34. The van der Waals surface area contributed by atoms with Gasteiger partial charge in [0.1, 0.15) is 23.2 Å². The molecule has 0 spiro atoms. The molecule has 1 fully saturated rings. The lowest BCUT2D eigenvalue weighted by atomic mass is 9.97. The Kier molecular flexibility index (Phi) is 9.76. The molecule has 0 aliphatic heterocycles. The number of nitrogens with zero attached hydrogens (tertiary/aromatic N) is 6. The van der Waals surface area contributed by atoms with Crippen LogP contribution >= 0.6 is 11.6 Å². The molecule has 4 rings (SSSR count). The van der Waals surface area contributed by atoms with E-state index in [4.69, 9.17) is 16.6 Å². The highest BCUT2D eigenvalue weighted by Crippen LogP contribution is 2.51. The molecule has 2 heterocycles. The van der Waals surface area contributed by atoms with E-state index in [0.29, 0.717) is 62.1 Å². The number of nitriles is 1. The highest BCUT2D eigenvalue weighted by atomic mass is 35.5. The first-order chi connectivity index (χ1) is 20.3. The van der Waals surface area contributed by atoms with E-state index in [0.717, 1.165) is 0 Å². The first kappa shape index (κ1) is 30.9. The van der Waals surface area contributed by atoms with E-state index in [-0.39, 0.29) is 46.1 Å². The summed E-state index contributed by atoms with van der Waals surface area (Å²) >= 11 is 6.78. The van der Waals surface area contributed by atoms with Gasteiger partial charge in [-0.15, -0.1) is 6.58 Å². The third-order valence-corrected chi connectivity index (χ3v) is 7.87. The van der Waals surface area contributed by atoms with Crippen molar-refractivity contribution in [3.63, 3.8) is 0 Å². The van der Waals surface area contributed by atoms with E-state index in [1.807, 2.05) is 20.0 Å². The Balaban J connectivity index is 2.01. The van der Waals surface area contributed by atoms with E-state index in [1.165, 1.54) is 17.2 Å². The van der Waals surface area contributed by atoms with Gasteiger partial charge in [0.25, 0.3) is 0 Å². The van der Waals surface area contributed by atoms with Gasteiger partial charge in [0, 0.05) is 44.4 Å². The average Bonchev–Trinajstić information content (AvgIpc) is 3.78. The molecule has 220 valence electrons. The first-order valence-corrected chi connectivity index (χ1v) is 14.2. The minimum Gasteiger partial charge on any atom is -0.511 e. The highest BCUT2D eigenvalue weighted by Gasteiger charge is 2.48. The molecule has 0 saturated heterocycles. The molecule has 0 aromatic carbocycles. The number of aliphatic hydroxyl groups excluding tert-OH is 1. The minimum atomic E-state index is -0.766. The predicted octanol–water partition coefficient (Wildman–Crippen LogP) is 5.76. The number of hydrogen-bond acceptors (Lipinski definition) is 7. The summed E-state index contributed by atoms with van der Waals surface area (Å²) in [5.41, 5.74) is 0.103. The molecular formula is C31H35ClFN7O2. The lowest BCUT2D eigenvalue weighted by molar-refractivity contribution is -0.106. The molecule has 2 aliphatic rings. The van der Waals surface area contributed by atoms with Crippen molar-refractivity contribution in [1.29, 1.82) is 5.26 Å². The number of likely N-dealkylation sites (N-methyl/N-ethyl adjacent to an activating group) is 1. The molecule has 11 heteroatoms. The zero-order chi connectivity index (χ0) is 30.4. The Morgan fingerprint density at radius 2 is 2.19 bits per heavy atom. The number of aromatic nitrogens is 2. The van der Waals surface area contributed by atoms with Gasteiger partial charge in [0.15, 0.2) is 5.82 Å². The van der Waals surface area contributed by atoms with Crippen LogP contribution in [-0.4, -0.2) is 65.4 Å². The van der Waals surface area contributed by atoms with Gasteiger partial charge in [0.05, 0.1) is 33.3 Å². The molecule has 0 bridgehead atoms. The standard InChI is InChI=1S/C31H35ClFN7O2/c1-5-6-15-39(20(2)17-35-3)28(36-4)21-16-23(32)27(26-24(33)10-7-11-25(26)42)38-29(21)40(19-41)30-22(9-8-14-37-30)31(18-34)12-13-31/h5,8-10,14,16,19-20,35,42H,1,6-7,11-13,15,17H2,2-4H3. The number of rotatable bonds is 12. The zero-order valence-electron chi connectivity index (χ0n) is 24.1. The fourth-order valence-electron chi connectivity index (χ4n) is 5.26. The largest absolute Gasteiger partial charge is 0.511 e. The van der Waals surface area contributed by atoms with Gasteiger partial charge < -0.3 is 15.3 Å². The number of allylic oxidation sites excluding steroid dienone is 4. The fraction of sp³-hybridized carbons (Fsp3) is 0.387. The number of carbonyl (C=O) groups excluding carboxylic acids is 1. The number of pyridine rings is 2. The van der Waals surface area contributed by atoms with Crippen LogP contribution in [-0.2, 0) is 10.2 Å². The van der Waals surface area contributed by atoms with Crippen LogP contribution in [0.1, 0.15) is 55.8 Å². The average molecular weight is 592 g/mol. The molecule has 9 nitrogen and oxygen atoms in total. The van der Waals surface area contributed by atoms with Crippen molar-refractivity contribution in [2.75, 3.05) is 32.1 Å². The molecule has 1 atom stereocenters. The van der Waals surface area contributed by atoms with Crippen LogP contribution in [0.2, 0.25) is 5.02 Å². The topological polar surface area (TPSA) is 118 Å². The first-order valence-electron chi connectivity index (χ1n) is 13.9. The number of nitrogens with one attached hydrogen (secondary N) is 1. The quantitative estimate of drug-likeness (QED) is 0.139. The molecule has 1 saturated carbocycles. The van der Waals surface area contributed by atoms with E-state index < -0.39 is 11.2 Å². The third kappa shape index (κ3) is 5.94. The highest BCUT2D eigenvalue weighted by molar-refractivity contribution is 6.33. The maximum Gasteiger partial charge on any atom is 0.221 e. The van der Waals surface area contributed by atoms with Crippen molar-refractivity contribution in [1.82, 2.24) is 20.2 Å². The number of aliphatic imine (C=N–C) groups is 1. The Morgan fingerprint density at radius 3 is 2.79 bits per heavy atom. The maximum absolute atomic E-state index is 15.1. The van der Waals surface area contributed by atoms with Gasteiger partial charge in [-0.25, -0.2) is 19.3 Å². The summed E-state index contributed by atoms with van der Waals surface area (Å²) in [7, 11) is 3.49. The third-order valence-electron chi connectivity index (χ3n) is 7.58. The Morgan fingerprint density at radius 1 is 1.43 bits per heavy atom. The minimum absolute atomic E-state index is 0.0107. The normalized spacial score (nSPS) is 16.8. The van der Waals surface area contributed by atoms with E-state index >= 15 is 4.39 Å². The Labute approximate surface area is 250 Å². The number of aliphatic hydroxyl groups is 1. The van der Waals surface area contributed by atoms with Crippen LogP contribution in [0.3, 0.4) is 0 Å². The summed E-state index contributed by atoms with van der Waals surface area (Å²) in [6.07, 6.45) is 7.78. The van der Waals surface area contributed by atoms with Gasteiger partial charge in [-0.3, -0.25) is 9.79 Å². The molecule has 2 N–H and O–H groups in total. The van der Waals surface area contributed by atoms with Crippen molar-refractivity contribution < 1.29 is 14.3 Å². The second-order valence-electron chi connectivity index (χ2n) is 10.4. The molecule has 0 radical (unpaired) electrons. The van der Waals surface area contributed by atoms with E-state index in [9.17, 15) is 15.2 Å². The predicted molar refractivity (Wildman–Crippen MR) is 164 cm³/mol. The van der Waals surface area contributed by atoms with E-state index in [1.54, 1.807) is 25.2 Å². The number of hydrogen-bond donors (Lipinski definition) is 2. The van der Waals surface area contributed by atoms with Crippen LogP contribution in [0.25, 0.3) is 5.57 Å². The summed E-state index contributed by atoms with van der Waals surface area (Å²) in [4.78, 5) is 30.1. The number of carbonyl (C=O) groups is 1. The van der Waals surface area contributed by atoms with Crippen LogP contribution in [0.5, 0.6) is 0 Å². The Hall–Kier alpha value is -4.07. The molecule has 2 aliphatic carbocycles. The summed E-state index contributed by atoms with van der Waals surface area (Å²) in [6.45, 7) is 7.09. The van der Waals surface area contributed by atoms with Crippen LogP contribution in [0.15, 0.2) is 59.7 Å².